The molecule has 5 nitrogen and oxygen atoms in total. The lowest BCUT2D eigenvalue weighted by Crippen LogP contribution is -2.47. The van der Waals surface area contributed by atoms with Gasteiger partial charge in [-0.05, 0) is 31.0 Å². The van der Waals surface area contributed by atoms with Crippen LogP contribution in [0.3, 0.4) is 0 Å². The minimum Gasteiger partial charge on any atom is -0.397 e. The third-order valence-electron chi connectivity index (χ3n) is 4.03. The number of carbonyl (C=O) groups excluding carboxylic acids is 1. The average Bonchev–Trinajstić information content (AvgIpc) is 3.23. The van der Waals surface area contributed by atoms with Gasteiger partial charge < -0.3 is 16.4 Å². The van der Waals surface area contributed by atoms with Crippen molar-refractivity contribution < 1.29 is 4.79 Å². The van der Waals surface area contributed by atoms with E-state index in [9.17, 15) is 4.79 Å². The van der Waals surface area contributed by atoms with Crippen LogP contribution in [0.2, 0.25) is 0 Å². The van der Waals surface area contributed by atoms with Crippen LogP contribution in [-0.2, 0) is 0 Å². The Hall–Kier alpha value is -1.75. The summed E-state index contributed by atoms with van der Waals surface area (Å²) in [5, 5.41) is 0. The molecule has 0 atom stereocenters. The first-order chi connectivity index (χ1) is 9.15. The van der Waals surface area contributed by atoms with E-state index < -0.39 is 5.91 Å². The summed E-state index contributed by atoms with van der Waals surface area (Å²) in [6.07, 6.45) is 2.71. The molecule has 1 aromatic carbocycles. The van der Waals surface area contributed by atoms with Crippen LogP contribution >= 0.6 is 0 Å². The van der Waals surface area contributed by atoms with Crippen LogP contribution in [0.25, 0.3) is 0 Å². The molecule has 1 amide bonds. The van der Waals surface area contributed by atoms with Crippen molar-refractivity contribution in [3.8, 4) is 0 Å². The number of nitrogens with two attached hydrogens (primary N) is 2. The topological polar surface area (TPSA) is 75.6 Å². The Morgan fingerprint density at radius 1 is 1.16 bits per heavy atom. The van der Waals surface area contributed by atoms with Gasteiger partial charge in [0, 0.05) is 37.8 Å². The lowest BCUT2D eigenvalue weighted by atomic mass is 10.1. The molecule has 1 heterocycles. The lowest BCUT2D eigenvalue weighted by Gasteiger charge is -2.36. The van der Waals surface area contributed by atoms with Gasteiger partial charge in [-0.25, -0.2) is 0 Å². The second-order valence-corrected chi connectivity index (χ2v) is 5.39. The highest BCUT2D eigenvalue weighted by Crippen LogP contribution is 2.30. The number of nitrogen functional groups attached to an aromatic ring is 1. The van der Waals surface area contributed by atoms with Crippen LogP contribution in [0.1, 0.15) is 23.2 Å². The molecule has 4 N–H and O–H groups in total. The number of amides is 1. The van der Waals surface area contributed by atoms with Crippen LogP contribution in [0.5, 0.6) is 0 Å². The number of primary amides is 1. The van der Waals surface area contributed by atoms with Gasteiger partial charge in [-0.15, -0.1) is 0 Å². The van der Waals surface area contributed by atoms with Gasteiger partial charge in [0.2, 0.25) is 5.91 Å². The third kappa shape index (κ3) is 2.51. The number of anilines is 2. The summed E-state index contributed by atoms with van der Waals surface area (Å²) in [5.74, 6) is -0.434. The summed E-state index contributed by atoms with van der Waals surface area (Å²) < 4.78 is 0. The van der Waals surface area contributed by atoms with Crippen molar-refractivity contribution in [3.05, 3.63) is 23.8 Å². The molecule has 3 rings (SSSR count). The number of benzene rings is 1. The Morgan fingerprint density at radius 2 is 1.84 bits per heavy atom. The zero-order chi connectivity index (χ0) is 13.4. The van der Waals surface area contributed by atoms with E-state index in [1.807, 2.05) is 6.07 Å². The fourth-order valence-corrected chi connectivity index (χ4v) is 2.76. The normalized spacial score (nSPS) is 20.5. The Morgan fingerprint density at radius 3 is 2.37 bits per heavy atom. The predicted molar refractivity (Wildman–Crippen MR) is 76.2 cm³/mol. The van der Waals surface area contributed by atoms with E-state index in [1.54, 1.807) is 12.1 Å². The van der Waals surface area contributed by atoms with Crippen molar-refractivity contribution in [3.63, 3.8) is 0 Å². The first-order valence-corrected chi connectivity index (χ1v) is 6.83. The van der Waals surface area contributed by atoms with Crippen LogP contribution in [0.4, 0.5) is 11.4 Å². The molecule has 1 aliphatic carbocycles. The second kappa shape index (κ2) is 4.74. The first kappa shape index (κ1) is 12.3. The fourth-order valence-electron chi connectivity index (χ4n) is 2.76. The van der Waals surface area contributed by atoms with Gasteiger partial charge in [0.05, 0.1) is 11.4 Å². The lowest BCUT2D eigenvalue weighted by molar-refractivity contribution is 0.100. The predicted octanol–water partition coefficient (Wildman–Crippen LogP) is 0.652. The Labute approximate surface area is 113 Å². The SMILES string of the molecule is NC(=O)c1ccc(N2CCN(C3CC3)CC2)c(N)c1. The second-order valence-electron chi connectivity index (χ2n) is 5.39. The van der Waals surface area contributed by atoms with E-state index in [0.717, 1.165) is 37.9 Å². The van der Waals surface area contributed by atoms with Gasteiger partial charge in [0.15, 0.2) is 0 Å². The highest BCUT2D eigenvalue weighted by molar-refractivity contribution is 5.94. The molecule has 1 aliphatic heterocycles. The molecular formula is C14H20N4O. The van der Waals surface area contributed by atoms with Crippen LogP contribution in [-0.4, -0.2) is 43.0 Å². The minimum atomic E-state index is -0.434. The van der Waals surface area contributed by atoms with Crippen molar-refractivity contribution in [2.45, 2.75) is 18.9 Å². The van der Waals surface area contributed by atoms with Gasteiger partial charge in [0.1, 0.15) is 0 Å². The minimum absolute atomic E-state index is 0.434. The molecule has 5 heteroatoms. The first-order valence-electron chi connectivity index (χ1n) is 6.83. The molecular weight excluding hydrogens is 240 g/mol. The van der Waals surface area contributed by atoms with E-state index in [2.05, 4.69) is 9.80 Å². The van der Waals surface area contributed by atoms with E-state index in [1.165, 1.54) is 12.8 Å². The zero-order valence-corrected chi connectivity index (χ0v) is 11.0. The van der Waals surface area contributed by atoms with E-state index in [-0.39, 0.29) is 0 Å². The van der Waals surface area contributed by atoms with Crippen molar-refractivity contribution in [2.24, 2.45) is 5.73 Å². The molecule has 2 aliphatic rings. The standard InChI is InChI=1S/C14H20N4O/c15-12-9-10(14(16)19)1-4-13(12)18-7-5-17(6-8-18)11-2-3-11/h1,4,9,11H,2-3,5-8,15H2,(H2,16,19). The Kier molecular flexibility index (Phi) is 3.06. The molecule has 2 fully saturated rings. The van der Waals surface area contributed by atoms with E-state index >= 15 is 0 Å². The molecule has 102 valence electrons. The molecule has 0 unspecified atom stereocenters. The molecule has 1 saturated heterocycles. The van der Waals surface area contributed by atoms with Gasteiger partial charge in [-0.3, -0.25) is 9.69 Å². The average molecular weight is 260 g/mol. The van der Waals surface area contributed by atoms with Crippen LogP contribution in [0.15, 0.2) is 18.2 Å². The smallest absolute Gasteiger partial charge is 0.248 e. The highest BCUT2D eigenvalue weighted by Gasteiger charge is 2.31. The quantitative estimate of drug-likeness (QED) is 0.783. The number of nitrogens with zero attached hydrogens (tertiary/aromatic N) is 2. The van der Waals surface area contributed by atoms with E-state index in [0.29, 0.717) is 11.3 Å². The zero-order valence-electron chi connectivity index (χ0n) is 11.0. The number of hydrogen-bond acceptors (Lipinski definition) is 4. The van der Waals surface area contributed by atoms with Crippen molar-refractivity contribution in [2.75, 3.05) is 36.8 Å². The van der Waals surface area contributed by atoms with Crippen LogP contribution in [0, 0.1) is 0 Å². The maximum Gasteiger partial charge on any atom is 0.248 e. The highest BCUT2D eigenvalue weighted by atomic mass is 16.1. The molecule has 0 aromatic heterocycles. The monoisotopic (exact) mass is 260 g/mol. The van der Waals surface area contributed by atoms with Gasteiger partial charge in [-0.1, -0.05) is 0 Å². The summed E-state index contributed by atoms with van der Waals surface area (Å²) in [5.41, 5.74) is 13.4. The summed E-state index contributed by atoms with van der Waals surface area (Å²) in [6, 6.07) is 6.16. The van der Waals surface area contributed by atoms with Gasteiger partial charge >= 0.3 is 0 Å². The maximum absolute atomic E-state index is 11.1. The molecule has 0 spiro atoms. The van der Waals surface area contributed by atoms with Gasteiger partial charge in [0.25, 0.3) is 0 Å². The molecule has 19 heavy (non-hydrogen) atoms. The van der Waals surface area contributed by atoms with Gasteiger partial charge in [-0.2, -0.15) is 0 Å². The number of hydrogen-bond donors (Lipinski definition) is 2. The summed E-state index contributed by atoms with van der Waals surface area (Å²) in [4.78, 5) is 16.0. The molecule has 1 aromatic rings. The third-order valence-corrected chi connectivity index (χ3v) is 4.03. The molecule has 1 saturated carbocycles. The number of rotatable bonds is 3. The van der Waals surface area contributed by atoms with Crippen LogP contribution < -0.4 is 16.4 Å². The summed E-state index contributed by atoms with van der Waals surface area (Å²) in [7, 11) is 0. The van der Waals surface area contributed by atoms with Crippen molar-refractivity contribution in [1.82, 2.24) is 4.90 Å². The molecule has 0 bridgehead atoms. The number of piperazine rings is 1. The summed E-state index contributed by atoms with van der Waals surface area (Å²) in [6.45, 7) is 4.19. The Balaban J connectivity index is 1.70. The maximum atomic E-state index is 11.1. The number of carbonyl (C=O) groups is 1. The Bertz CT molecular complexity index is 490. The molecule has 0 radical (unpaired) electrons. The summed E-state index contributed by atoms with van der Waals surface area (Å²) >= 11 is 0. The van der Waals surface area contributed by atoms with Crippen molar-refractivity contribution in [1.29, 1.82) is 0 Å². The largest absolute Gasteiger partial charge is 0.397 e. The van der Waals surface area contributed by atoms with Crippen molar-refractivity contribution >= 4 is 17.3 Å². The van der Waals surface area contributed by atoms with E-state index in [4.69, 9.17) is 11.5 Å². The fraction of sp³-hybridized carbons (Fsp3) is 0.500.